The number of benzene rings is 2. The molecule has 0 saturated carbocycles. The van der Waals surface area contributed by atoms with Gasteiger partial charge in [0, 0.05) is 22.9 Å². The molecule has 0 unspecified atom stereocenters. The topological polar surface area (TPSA) is 106 Å². The first-order valence-electron chi connectivity index (χ1n) is 8.47. The normalized spacial score (nSPS) is 16.0. The lowest BCUT2D eigenvalue weighted by Gasteiger charge is -2.30. The summed E-state index contributed by atoms with van der Waals surface area (Å²) in [5.74, 6) is 0.0639. The Bertz CT molecular complexity index is 1020. The van der Waals surface area contributed by atoms with Crippen molar-refractivity contribution in [2.45, 2.75) is 13.0 Å². The number of thiocarbonyl (C=S) groups is 1. The highest BCUT2D eigenvalue weighted by Crippen LogP contribution is 2.32. The molecular formula is C19H17ClN4O4S. The Morgan fingerprint density at radius 2 is 1.97 bits per heavy atom. The SMILES string of the molecule is COc1ccc(Cl)cc1NC(=O)C1=C(C)NC(=S)N[C@@H]1c1ccc([N+](=O)[O-])cc1. The van der Waals surface area contributed by atoms with Gasteiger partial charge in [0.15, 0.2) is 5.11 Å². The molecule has 29 heavy (non-hydrogen) atoms. The number of ether oxygens (including phenoxy) is 1. The predicted molar refractivity (Wildman–Crippen MR) is 114 cm³/mol. The second-order valence-electron chi connectivity index (χ2n) is 6.22. The van der Waals surface area contributed by atoms with E-state index in [9.17, 15) is 14.9 Å². The van der Waals surface area contributed by atoms with Crippen molar-refractivity contribution in [3.63, 3.8) is 0 Å². The minimum Gasteiger partial charge on any atom is -0.495 e. The van der Waals surface area contributed by atoms with Crippen molar-refractivity contribution in [3.05, 3.63) is 74.4 Å². The molecule has 3 rings (SSSR count). The van der Waals surface area contributed by atoms with Crippen molar-refractivity contribution in [1.29, 1.82) is 0 Å². The molecule has 1 heterocycles. The van der Waals surface area contributed by atoms with Crippen molar-refractivity contribution >= 4 is 46.2 Å². The van der Waals surface area contributed by atoms with Crippen LogP contribution in [0.15, 0.2) is 53.7 Å². The molecule has 0 bridgehead atoms. The predicted octanol–water partition coefficient (Wildman–Crippen LogP) is 3.69. The van der Waals surface area contributed by atoms with Gasteiger partial charge >= 0.3 is 0 Å². The third kappa shape index (κ3) is 4.47. The van der Waals surface area contributed by atoms with Crippen LogP contribution in [0.1, 0.15) is 18.5 Å². The van der Waals surface area contributed by atoms with E-state index in [0.717, 1.165) is 0 Å². The first kappa shape index (κ1) is 20.6. The molecular weight excluding hydrogens is 416 g/mol. The molecule has 1 aliphatic rings. The maximum absolute atomic E-state index is 13.1. The van der Waals surface area contributed by atoms with Gasteiger partial charge < -0.3 is 20.7 Å². The third-order valence-electron chi connectivity index (χ3n) is 4.36. The van der Waals surface area contributed by atoms with Gasteiger partial charge in [-0.3, -0.25) is 14.9 Å². The molecule has 8 nitrogen and oxygen atoms in total. The molecule has 2 aromatic carbocycles. The van der Waals surface area contributed by atoms with E-state index >= 15 is 0 Å². The highest BCUT2D eigenvalue weighted by atomic mass is 35.5. The van der Waals surface area contributed by atoms with Gasteiger partial charge in [0.05, 0.1) is 29.3 Å². The summed E-state index contributed by atoms with van der Waals surface area (Å²) in [7, 11) is 1.49. The number of nitrogens with one attached hydrogen (secondary N) is 3. The summed E-state index contributed by atoms with van der Waals surface area (Å²) in [6.45, 7) is 1.73. The molecule has 1 amide bonds. The number of anilines is 1. The Kier molecular flexibility index (Phi) is 6.00. The minimum absolute atomic E-state index is 0.0411. The van der Waals surface area contributed by atoms with Crippen molar-refractivity contribution in [2.75, 3.05) is 12.4 Å². The number of rotatable bonds is 5. The molecule has 1 aliphatic heterocycles. The summed E-state index contributed by atoms with van der Waals surface area (Å²) in [5, 5.41) is 20.5. The molecule has 0 aromatic heterocycles. The van der Waals surface area contributed by atoms with Gasteiger partial charge in [-0.2, -0.15) is 0 Å². The standard InChI is InChI=1S/C19H17ClN4O4S/c1-10-16(18(25)22-14-9-12(20)5-8-15(14)28-2)17(23-19(29)21-10)11-3-6-13(7-4-11)24(26)27/h3-9,17H,1-2H3,(H,22,25)(H2,21,23,29)/t17-/m1/s1. The summed E-state index contributed by atoms with van der Waals surface area (Å²) in [4.78, 5) is 23.6. The minimum atomic E-state index is -0.588. The molecule has 0 aliphatic carbocycles. The fourth-order valence-corrected chi connectivity index (χ4v) is 3.44. The Labute approximate surface area is 177 Å². The molecule has 0 radical (unpaired) electrons. The van der Waals surface area contributed by atoms with Crippen LogP contribution in [-0.2, 0) is 4.79 Å². The third-order valence-corrected chi connectivity index (χ3v) is 4.82. The number of methoxy groups -OCH3 is 1. The lowest BCUT2D eigenvalue weighted by molar-refractivity contribution is -0.384. The lowest BCUT2D eigenvalue weighted by atomic mass is 9.94. The average molecular weight is 433 g/mol. The molecule has 3 N–H and O–H groups in total. The van der Waals surface area contributed by atoms with E-state index in [-0.39, 0.29) is 5.69 Å². The van der Waals surface area contributed by atoms with Gasteiger partial charge in [-0.05, 0) is 55.0 Å². The summed E-state index contributed by atoms with van der Waals surface area (Å²) in [5.41, 5.74) is 1.98. The van der Waals surface area contributed by atoms with Crippen LogP contribution >= 0.6 is 23.8 Å². The van der Waals surface area contributed by atoms with E-state index in [1.54, 1.807) is 37.3 Å². The van der Waals surface area contributed by atoms with Crippen LogP contribution in [0.2, 0.25) is 5.02 Å². The zero-order valence-electron chi connectivity index (χ0n) is 15.5. The van der Waals surface area contributed by atoms with E-state index < -0.39 is 16.9 Å². The Morgan fingerprint density at radius 3 is 2.59 bits per heavy atom. The number of halogens is 1. The zero-order valence-corrected chi connectivity index (χ0v) is 17.1. The van der Waals surface area contributed by atoms with E-state index in [1.807, 2.05) is 0 Å². The number of non-ortho nitro benzene ring substituents is 1. The zero-order chi connectivity index (χ0) is 21.1. The summed E-state index contributed by atoms with van der Waals surface area (Å²) in [6, 6.07) is 10.2. The number of allylic oxidation sites excluding steroid dienone is 1. The van der Waals surface area contributed by atoms with Crippen LogP contribution in [0.25, 0.3) is 0 Å². The maximum atomic E-state index is 13.1. The van der Waals surface area contributed by atoms with Gasteiger partial charge in [0.25, 0.3) is 11.6 Å². The fraction of sp³-hybridized carbons (Fsp3) is 0.158. The first-order valence-corrected chi connectivity index (χ1v) is 9.26. The highest BCUT2D eigenvalue weighted by molar-refractivity contribution is 7.80. The monoisotopic (exact) mass is 432 g/mol. The summed E-state index contributed by atoms with van der Waals surface area (Å²) in [6.07, 6.45) is 0. The number of hydrogen-bond donors (Lipinski definition) is 3. The number of hydrogen-bond acceptors (Lipinski definition) is 5. The van der Waals surface area contributed by atoms with Gasteiger partial charge in [0.1, 0.15) is 5.75 Å². The summed E-state index contributed by atoms with van der Waals surface area (Å²) >= 11 is 11.3. The van der Waals surface area contributed by atoms with Crippen LogP contribution in [0.5, 0.6) is 5.75 Å². The van der Waals surface area contributed by atoms with Crippen molar-refractivity contribution in [1.82, 2.24) is 10.6 Å². The van der Waals surface area contributed by atoms with E-state index in [1.165, 1.54) is 19.2 Å². The Morgan fingerprint density at radius 1 is 1.28 bits per heavy atom. The molecule has 10 heteroatoms. The second kappa shape index (κ2) is 8.46. The van der Waals surface area contributed by atoms with Gasteiger partial charge in [0.2, 0.25) is 0 Å². The number of carbonyl (C=O) groups excluding carboxylic acids is 1. The second-order valence-corrected chi connectivity index (χ2v) is 7.06. The van der Waals surface area contributed by atoms with E-state index in [0.29, 0.717) is 38.4 Å². The van der Waals surface area contributed by atoms with Gasteiger partial charge in [-0.15, -0.1) is 0 Å². The Balaban J connectivity index is 1.96. The number of amides is 1. The largest absolute Gasteiger partial charge is 0.495 e. The van der Waals surface area contributed by atoms with Crippen LogP contribution in [0.4, 0.5) is 11.4 Å². The van der Waals surface area contributed by atoms with E-state index in [2.05, 4.69) is 16.0 Å². The van der Waals surface area contributed by atoms with Crippen LogP contribution in [0, 0.1) is 10.1 Å². The molecule has 150 valence electrons. The van der Waals surface area contributed by atoms with Gasteiger partial charge in [-0.25, -0.2) is 0 Å². The van der Waals surface area contributed by atoms with Crippen molar-refractivity contribution in [2.24, 2.45) is 0 Å². The number of nitro groups is 1. The molecule has 2 aromatic rings. The fourth-order valence-electron chi connectivity index (χ4n) is 3.00. The van der Waals surface area contributed by atoms with Crippen LogP contribution < -0.4 is 20.7 Å². The van der Waals surface area contributed by atoms with Gasteiger partial charge in [-0.1, -0.05) is 11.6 Å². The summed E-state index contributed by atoms with van der Waals surface area (Å²) < 4.78 is 5.27. The molecule has 0 spiro atoms. The highest BCUT2D eigenvalue weighted by Gasteiger charge is 2.30. The number of nitrogens with zero attached hydrogens (tertiary/aromatic N) is 1. The van der Waals surface area contributed by atoms with Crippen LogP contribution in [0.3, 0.4) is 0 Å². The van der Waals surface area contributed by atoms with Crippen LogP contribution in [-0.4, -0.2) is 23.1 Å². The Hall–Kier alpha value is -3.17. The number of carbonyl (C=O) groups is 1. The molecule has 0 fully saturated rings. The first-order chi connectivity index (χ1) is 13.8. The van der Waals surface area contributed by atoms with E-state index in [4.69, 9.17) is 28.6 Å². The average Bonchev–Trinajstić information content (AvgIpc) is 2.67. The lowest BCUT2D eigenvalue weighted by Crippen LogP contribution is -2.45. The molecule has 0 saturated heterocycles. The van der Waals surface area contributed by atoms with Crippen molar-refractivity contribution in [3.8, 4) is 5.75 Å². The quantitative estimate of drug-likeness (QED) is 0.376. The number of nitro benzene ring substituents is 1. The molecule has 1 atom stereocenters. The maximum Gasteiger partial charge on any atom is 0.269 e. The van der Waals surface area contributed by atoms with Crippen molar-refractivity contribution < 1.29 is 14.5 Å². The smallest absolute Gasteiger partial charge is 0.269 e.